The Bertz CT molecular complexity index is 725. The van der Waals surface area contributed by atoms with Crippen molar-refractivity contribution in [2.45, 2.75) is 20.4 Å². The van der Waals surface area contributed by atoms with Crippen molar-refractivity contribution in [3.63, 3.8) is 0 Å². The number of anilines is 1. The third-order valence-electron chi connectivity index (χ3n) is 4.37. The van der Waals surface area contributed by atoms with Crippen molar-refractivity contribution >= 4 is 34.6 Å². The smallest absolute Gasteiger partial charge is 0.173 e. The SMILES string of the molecule is Cc1cc(C[NH+]2CCN(C(=S)Nc3cccc(Cl)c3C)CC2)no1. The first-order chi connectivity index (χ1) is 11.5. The average molecular weight is 366 g/mol. The number of benzene rings is 1. The Kier molecular flexibility index (Phi) is 5.38. The lowest BCUT2D eigenvalue weighted by Gasteiger charge is -2.33. The van der Waals surface area contributed by atoms with Crippen molar-refractivity contribution < 1.29 is 9.42 Å². The van der Waals surface area contributed by atoms with Gasteiger partial charge in [0.15, 0.2) is 5.11 Å². The highest BCUT2D eigenvalue weighted by atomic mass is 35.5. The molecule has 1 aliphatic rings. The second kappa shape index (κ2) is 7.51. The summed E-state index contributed by atoms with van der Waals surface area (Å²) in [7, 11) is 0. The number of aromatic nitrogens is 1. The number of piperazine rings is 1. The van der Waals surface area contributed by atoms with Crippen LogP contribution in [0.15, 0.2) is 28.8 Å². The third-order valence-corrected chi connectivity index (χ3v) is 5.14. The highest BCUT2D eigenvalue weighted by Gasteiger charge is 2.23. The monoisotopic (exact) mass is 365 g/mol. The van der Waals surface area contributed by atoms with Gasteiger partial charge in [0.05, 0.1) is 26.2 Å². The predicted octanol–water partition coefficient (Wildman–Crippen LogP) is 2.04. The normalized spacial score (nSPS) is 15.5. The largest absolute Gasteiger partial charge is 0.361 e. The van der Waals surface area contributed by atoms with Gasteiger partial charge in [-0.25, -0.2) is 0 Å². The fourth-order valence-corrected chi connectivity index (χ4v) is 3.36. The van der Waals surface area contributed by atoms with Crippen LogP contribution in [0.5, 0.6) is 0 Å². The number of hydrogen-bond donors (Lipinski definition) is 2. The van der Waals surface area contributed by atoms with Crippen molar-refractivity contribution in [2.24, 2.45) is 0 Å². The molecular formula is C17H22ClN4OS+. The van der Waals surface area contributed by atoms with Gasteiger partial charge in [-0.05, 0) is 43.8 Å². The van der Waals surface area contributed by atoms with Gasteiger partial charge in [0, 0.05) is 16.8 Å². The maximum atomic E-state index is 6.17. The van der Waals surface area contributed by atoms with Crippen molar-refractivity contribution in [1.29, 1.82) is 0 Å². The van der Waals surface area contributed by atoms with Crippen LogP contribution < -0.4 is 10.2 Å². The first-order valence-corrected chi connectivity index (χ1v) is 8.88. The van der Waals surface area contributed by atoms with Gasteiger partial charge >= 0.3 is 0 Å². The minimum Gasteiger partial charge on any atom is -0.361 e. The zero-order chi connectivity index (χ0) is 17.1. The summed E-state index contributed by atoms with van der Waals surface area (Å²) in [6.45, 7) is 8.74. The minimum absolute atomic E-state index is 0.750. The fourth-order valence-electron chi connectivity index (χ4n) is 2.90. The molecule has 5 nitrogen and oxygen atoms in total. The van der Waals surface area contributed by atoms with Gasteiger partial charge in [-0.3, -0.25) is 0 Å². The standard InChI is InChI=1S/C17H21ClN4OS/c1-12-10-14(20-23-12)11-21-6-8-22(9-7-21)17(24)19-16-5-3-4-15(18)13(16)2/h3-5,10H,6-9,11H2,1-2H3,(H,19,24)/p+1. The number of nitrogens with zero attached hydrogens (tertiary/aromatic N) is 2. The van der Waals surface area contributed by atoms with E-state index in [2.05, 4.69) is 15.4 Å². The van der Waals surface area contributed by atoms with Gasteiger partial charge in [0.1, 0.15) is 18.0 Å². The second-order valence-corrected chi connectivity index (χ2v) is 6.98. The van der Waals surface area contributed by atoms with E-state index in [-0.39, 0.29) is 0 Å². The summed E-state index contributed by atoms with van der Waals surface area (Å²) in [6, 6.07) is 7.83. The number of halogens is 1. The first kappa shape index (κ1) is 17.2. The van der Waals surface area contributed by atoms with Crippen molar-refractivity contribution in [1.82, 2.24) is 10.1 Å². The molecule has 1 aromatic heterocycles. The molecule has 1 aliphatic heterocycles. The van der Waals surface area contributed by atoms with Gasteiger partial charge in [0.2, 0.25) is 0 Å². The van der Waals surface area contributed by atoms with Crippen LogP contribution in [0.4, 0.5) is 5.69 Å². The van der Waals surface area contributed by atoms with Crippen LogP contribution in [0.25, 0.3) is 0 Å². The van der Waals surface area contributed by atoms with E-state index in [4.69, 9.17) is 28.3 Å². The van der Waals surface area contributed by atoms with Gasteiger partial charge < -0.3 is 19.6 Å². The molecule has 1 aromatic carbocycles. The maximum Gasteiger partial charge on any atom is 0.173 e. The van der Waals surface area contributed by atoms with E-state index < -0.39 is 0 Å². The van der Waals surface area contributed by atoms with E-state index in [9.17, 15) is 0 Å². The molecule has 2 N–H and O–H groups in total. The van der Waals surface area contributed by atoms with Crippen LogP contribution in [0.2, 0.25) is 5.02 Å². The molecule has 2 aromatic rings. The topological polar surface area (TPSA) is 45.7 Å². The van der Waals surface area contributed by atoms with E-state index in [1.165, 1.54) is 4.90 Å². The molecule has 128 valence electrons. The van der Waals surface area contributed by atoms with Gasteiger partial charge in [-0.2, -0.15) is 0 Å². The zero-order valence-corrected chi connectivity index (χ0v) is 15.5. The van der Waals surface area contributed by atoms with Crippen molar-refractivity contribution in [3.05, 3.63) is 46.3 Å². The predicted molar refractivity (Wildman–Crippen MR) is 99.6 cm³/mol. The van der Waals surface area contributed by atoms with Crippen LogP contribution in [-0.2, 0) is 6.54 Å². The summed E-state index contributed by atoms with van der Waals surface area (Å²) in [5.41, 5.74) is 3.01. The molecule has 0 radical (unpaired) electrons. The lowest BCUT2D eigenvalue weighted by Crippen LogP contribution is -3.13. The molecule has 1 saturated heterocycles. The van der Waals surface area contributed by atoms with Crippen LogP contribution in [0.3, 0.4) is 0 Å². The summed E-state index contributed by atoms with van der Waals surface area (Å²) in [5, 5.41) is 8.91. The quantitative estimate of drug-likeness (QED) is 0.815. The van der Waals surface area contributed by atoms with Crippen LogP contribution in [0.1, 0.15) is 17.0 Å². The Labute approximate surface area is 152 Å². The minimum atomic E-state index is 0.750. The highest BCUT2D eigenvalue weighted by Crippen LogP contribution is 2.23. The molecular weight excluding hydrogens is 344 g/mol. The zero-order valence-electron chi connectivity index (χ0n) is 13.9. The van der Waals surface area contributed by atoms with Gasteiger partial charge in [-0.1, -0.05) is 22.8 Å². The molecule has 2 heterocycles. The molecule has 24 heavy (non-hydrogen) atoms. The summed E-state index contributed by atoms with van der Waals surface area (Å²) < 4.78 is 5.14. The molecule has 0 unspecified atom stereocenters. The Balaban J connectivity index is 1.52. The molecule has 1 fully saturated rings. The second-order valence-electron chi connectivity index (χ2n) is 6.19. The summed E-state index contributed by atoms with van der Waals surface area (Å²) >= 11 is 11.7. The van der Waals surface area contributed by atoms with Crippen molar-refractivity contribution in [3.8, 4) is 0 Å². The van der Waals surface area contributed by atoms with E-state index in [0.717, 1.165) is 65.6 Å². The lowest BCUT2D eigenvalue weighted by atomic mass is 10.2. The molecule has 0 atom stereocenters. The fraction of sp³-hybridized carbons (Fsp3) is 0.412. The van der Waals surface area contributed by atoms with Gasteiger partial charge in [0.25, 0.3) is 0 Å². The van der Waals surface area contributed by atoms with Gasteiger partial charge in [-0.15, -0.1) is 0 Å². The van der Waals surface area contributed by atoms with Crippen LogP contribution in [-0.4, -0.2) is 41.3 Å². The van der Waals surface area contributed by atoms with E-state index in [0.29, 0.717) is 0 Å². The molecule has 3 rings (SSSR count). The van der Waals surface area contributed by atoms with Crippen LogP contribution >= 0.6 is 23.8 Å². The Morgan fingerprint density at radius 2 is 2.12 bits per heavy atom. The van der Waals surface area contributed by atoms with Crippen LogP contribution in [0, 0.1) is 13.8 Å². The molecule has 0 aliphatic carbocycles. The third kappa shape index (κ3) is 4.06. The molecule has 0 bridgehead atoms. The summed E-state index contributed by atoms with van der Waals surface area (Å²) in [5.74, 6) is 0.866. The number of quaternary nitrogens is 1. The molecule has 0 saturated carbocycles. The first-order valence-electron chi connectivity index (χ1n) is 8.10. The number of hydrogen-bond acceptors (Lipinski definition) is 3. The average Bonchev–Trinajstić information content (AvgIpc) is 2.97. The Morgan fingerprint density at radius 3 is 2.79 bits per heavy atom. The Morgan fingerprint density at radius 1 is 1.38 bits per heavy atom. The molecule has 7 heteroatoms. The number of nitrogens with one attached hydrogen (secondary N) is 2. The van der Waals surface area contributed by atoms with E-state index >= 15 is 0 Å². The number of thiocarbonyl (C=S) groups is 1. The Hall–Kier alpha value is -1.63. The summed E-state index contributed by atoms with van der Waals surface area (Å²) in [6.07, 6.45) is 0. The lowest BCUT2D eigenvalue weighted by molar-refractivity contribution is -0.917. The molecule has 0 spiro atoms. The summed E-state index contributed by atoms with van der Waals surface area (Å²) in [4.78, 5) is 3.72. The van der Waals surface area contributed by atoms with E-state index in [1.54, 1.807) is 0 Å². The maximum absolute atomic E-state index is 6.17. The number of aryl methyl sites for hydroxylation is 1. The highest BCUT2D eigenvalue weighted by molar-refractivity contribution is 7.80. The van der Waals surface area contributed by atoms with E-state index in [1.807, 2.05) is 38.1 Å². The van der Waals surface area contributed by atoms with Crippen molar-refractivity contribution in [2.75, 3.05) is 31.5 Å². The number of rotatable bonds is 3. The molecule has 0 amide bonds.